The zero-order valence-corrected chi connectivity index (χ0v) is 13.5. The van der Waals surface area contributed by atoms with Crippen molar-refractivity contribution in [3.63, 3.8) is 0 Å². The van der Waals surface area contributed by atoms with Crippen LogP contribution in [0.3, 0.4) is 0 Å². The third kappa shape index (κ3) is 3.30. The summed E-state index contributed by atoms with van der Waals surface area (Å²) in [6.07, 6.45) is 4.77. The van der Waals surface area contributed by atoms with Crippen molar-refractivity contribution in [3.8, 4) is 0 Å². The van der Waals surface area contributed by atoms with Crippen LogP contribution in [0.5, 0.6) is 0 Å². The number of hydrogen-bond donors (Lipinski definition) is 0. The highest BCUT2D eigenvalue weighted by molar-refractivity contribution is 5.84. The average molecular weight is 294 g/mol. The molecule has 4 heteroatoms. The molecule has 4 nitrogen and oxygen atoms in total. The van der Waals surface area contributed by atoms with Gasteiger partial charge in [0.2, 0.25) is 0 Å². The Morgan fingerprint density at radius 3 is 1.95 bits per heavy atom. The van der Waals surface area contributed by atoms with Gasteiger partial charge in [-0.3, -0.25) is 9.59 Å². The van der Waals surface area contributed by atoms with Gasteiger partial charge in [0.15, 0.2) is 0 Å². The molecular weight excluding hydrogens is 268 g/mol. The summed E-state index contributed by atoms with van der Waals surface area (Å²) in [5.41, 5.74) is 0. The van der Waals surface area contributed by atoms with Crippen LogP contribution in [0, 0.1) is 29.6 Å². The first kappa shape index (κ1) is 16.1. The second kappa shape index (κ2) is 6.20. The van der Waals surface area contributed by atoms with Gasteiger partial charge in [0, 0.05) is 0 Å². The predicted octanol–water partition coefficient (Wildman–Crippen LogP) is 2.96. The lowest BCUT2D eigenvalue weighted by atomic mass is 9.58. The van der Waals surface area contributed by atoms with Crippen molar-refractivity contribution >= 4 is 11.9 Å². The summed E-state index contributed by atoms with van der Waals surface area (Å²) in [7, 11) is 0. The maximum atomic E-state index is 12.5. The Hall–Kier alpha value is -1.32. The van der Waals surface area contributed by atoms with Crippen LogP contribution in [-0.2, 0) is 19.1 Å². The van der Waals surface area contributed by atoms with E-state index in [0.717, 1.165) is 6.42 Å². The van der Waals surface area contributed by atoms with E-state index in [4.69, 9.17) is 9.47 Å². The number of carbonyl (C=O) groups is 2. The summed E-state index contributed by atoms with van der Waals surface area (Å²) >= 11 is 0. The van der Waals surface area contributed by atoms with E-state index in [1.165, 1.54) is 0 Å². The minimum Gasteiger partial charge on any atom is -0.463 e. The number of carbonyl (C=O) groups excluding carboxylic acids is 2. The molecule has 5 unspecified atom stereocenters. The Morgan fingerprint density at radius 1 is 0.952 bits per heavy atom. The molecule has 118 valence electrons. The van der Waals surface area contributed by atoms with Crippen molar-refractivity contribution in [3.05, 3.63) is 12.2 Å². The van der Waals surface area contributed by atoms with Crippen LogP contribution >= 0.6 is 0 Å². The molecule has 3 aliphatic rings. The lowest BCUT2D eigenvalue weighted by molar-refractivity contribution is -0.173. The van der Waals surface area contributed by atoms with Gasteiger partial charge in [0.25, 0.3) is 0 Å². The Bertz CT molecular complexity index is 438. The summed E-state index contributed by atoms with van der Waals surface area (Å²) < 4.78 is 10.8. The Morgan fingerprint density at radius 2 is 1.48 bits per heavy atom. The first-order chi connectivity index (χ1) is 9.81. The highest BCUT2D eigenvalue weighted by atomic mass is 16.6. The molecule has 2 bridgehead atoms. The first-order valence-corrected chi connectivity index (χ1v) is 7.90. The van der Waals surface area contributed by atoms with Crippen LogP contribution in [0.1, 0.15) is 41.0 Å². The van der Waals surface area contributed by atoms with Gasteiger partial charge in [-0.15, -0.1) is 0 Å². The van der Waals surface area contributed by atoms with Crippen LogP contribution in [-0.4, -0.2) is 24.1 Å². The fraction of sp³-hybridized carbons (Fsp3) is 0.765. The molecule has 21 heavy (non-hydrogen) atoms. The third-order valence-corrected chi connectivity index (χ3v) is 4.39. The molecule has 0 aromatic heterocycles. The monoisotopic (exact) mass is 294 g/mol. The van der Waals surface area contributed by atoms with Crippen molar-refractivity contribution in [1.82, 2.24) is 0 Å². The van der Waals surface area contributed by atoms with Crippen molar-refractivity contribution in [2.24, 2.45) is 29.6 Å². The van der Waals surface area contributed by atoms with E-state index >= 15 is 0 Å². The van der Waals surface area contributed by atoms with E-state index in [1.54, 1.807) is 0 Å². The van der Waals surface area contributed by atoms with E-state index in [1.807, 2.05) is 27.7 Å². The molecule has 0 heterocycles. The lowest BCUT2D eigenvalue weighted by Crippen LogP contribution is -2.50. The topological polar surface area (TPSA) is 52.6 Å². The van der Waals surface area contributed by atoms with E-state index in [2.05, 4.69) is 19.1 Å². The first-order valence-electron chi connectivity index (χ1n) is 7.90. The Balaban J connectivity index is 2.25. The van der Waals surface area contributed by atoms with Crippen LogP contribution in [0.15, 0.2) is 12.2 Å². The van der Waals surface area contributed by atoms with Crippen molar-refractivity contribution in [1.29, 1.82) is 0 Å². The molecule has 0 radical (unpaired) electrons. The largest absolute Gasteiger partial charge is 0.463 e. The number of allylic oxidation sites excluding steroid dienone is 2. The third-order valence-electron chi connectivity index (χ3n) is 4.39. The van der Waals surface area contributed by atoms with Crippen LogP contribution in [0.4, 0.5) is 0 Å². The van der Waals surface area contributed by atoms with Crippen LogP contribution < -0.4 is 0 Å². The van der Waals surface area contributed by atoms with Crippen LogP contribution in [0.2, 0.25) is 0 Å². The van der Waals surface area contributed by atoms with Gasteiger partial charge in [0.05, 0.1) is 24.0 Å². The Labute approximate surface area is 126 Å². The van der Waals surface area contributed by atoms with Gasteiger partial charge < -0.3 is 9.47 Å². The molecule has 3 rings (SSSR count). The van der Waals surface area contributed by atoms with E-state index < -0.39 is 11.8 Å². The maximum absolute atomic E-state index is 12.5. The van der Waals surface area contributed by atoms with E-state index in [9.17, 15) is 9.59 Å². The molecule has 0 saturated heterocycles. The van der Waals surface area contributed by atoms with Gasteiger partial charge in [-0.25, -0.2) is 0 Å². The van der Waals surface area contributed by atoms with Gasteiger partial charge >= 0.3 is 11.9 Å². The highest BCUT2D eigenvalue weighted by Gasteiger charge is 2.52. The molecular formula is C17H26O4. The quantitative estimate of drug-likeness (QED) is 0.591. The lowest BCUT2D eigenvalue weighted by Gasteiger charge is -2.46. The molecule has 1 saturated carbocycles. The summed E-state index contributed by atoms with van der Waals surface area (Å²) in [5, 5.41) is 0. The molecule has 0 N–H and O–H groups in total. The average Bonchev–Trinajstić information content (AvgIpc) is 2.36. The second-order valence-corrected chi connectivity index (χ2v) is 6.86. The number of fused-ring (bicyclic) bond motifs is 2. The van der Waals surface area contributed by atoms with Crippen molar-refractivity contribution in [2.45, 2.75) is 53.2 Å². The minimum atomic E-state index is -0.405. The SMILES string of the molecule is CC(C)OC(=O)C1C2C=CC(C(C)C2)C1C(=O)OC(C)C. The number of ether oxygens (including phenoxy) is 2. The minimum absolute atomic E-state index is 0.0750. The zero-order valence-electron chi connectivity index (χ0n) is 13.5. The van der Waals surface area contributed by atoms with Crippen LogP contribution in [0.25, 0.3) is 0 Å². The molecule has 3 aliphatic carbocycles. The number of rotatable bonds is 4. The van der Waals surface area contributed by atoms with E-state index in [0.29, 0.717) is 5.92 Å². The predicted molar refractivity (Wildman–Crippen MR) is 79.3 cm³/mol. The summed E-state index contributed by atoms with van der Waals surface area (Å²) in [5.74, 6) is -0.773. The molecule has 0 amide bonds. The normalized spacial score (nSPS) is 34.3. The fourth-order valence-corrected chi connectivity index (χ4v) is 3.62. The fourth-order valence-electron chi connectivity index (χ4n) is 3.62. The number of esters is 2. The zero-order chi connectivity index (χ0) is 15.7. The maximum Gasteiger partial charge on any atom is 0.310 e. The molecule has 1 fully saturated rings. The van der Waals surface area contributed by atoms with Gasteiger partial charge in [-0.05, 0) is 51.9 Å². The molecule has 0 aromatic rings. The smallest absolute Gasteiger partial charge is 0.310 e. The van der Waals surface area contributed by atoms with Crippen molar-refractivity contribution in [2.75, 3.05) is 0 Å². The number of hydrogen-bond acceptors (Lipinski definition) is 4. The Kier molecular flexibility index (Phi) is 4.74. The molecule has 0 aliphatic heterocycles. The van der Waals surface area contributed by atoms with Crippen molar-refractivity contribution < 1.29 is 19.1 Å². The van der Waals surface area contributed by atoms with Gasteiger partial charge in [-0.2, -0.15) is 0 Å². The molecule has 5 atom stereocenters. The van der Waals surface area contributed by atoms with Gasteiger partial charge in [-0.1, -0.05) is 19.1 Å². The summed E-state index contributed by atoms with van der Waals surface area (Å²) in [6.45, 7) is 9.47. The van der Waals surface area contributed by atoms with Gasteiger partial charge in [0.1, 0.15) is 0 Å². The second-order valence-electron chi connectivity index (χ2n) is 6.86. The highest BCUT2D eigenvalue weighted by Crippen LogP contribution is 2.49. The summed E-state index contributed by atoms with van der Waals surface area (Å²) in [6, 6.07) is 0. The van der Waals surface area contributed by atoms with E-state index in [-0.39, 0.29) is 36.0 Å². The standard InChI is InChI=1S/C17H26O4/c1-9(2)20-16(18)14-12-6-7-13(11(5)8-12)15(14)17(19)21-10(3)4/h6-7,9-15H,8H2,1-5H3. The molecule has 0 aromatic carbocycles. The summed E-state index contributed by atoms with van der Waals surface area (Å²) in [4.78, 5) is 24.9. The molecule has 0 spiro atoms.